The molecule has 8 rings (SSSR count). The Bertz CT molecular complexity index is 2040. The molecular weight excluding hydrogens is 458 g/mol. The number of fused-ring (bicyclic) bond motifs is 8. The second-order valence-electron chi connectivity index (χ2n) is 11.0. The maximum atomic E-state index is 2.44. The summed E-state index contributed by atoms with van der Waals surface area (Å²) in [6.07, 6.45) is 0. The zero-order valence-electron chi connectivity index (χ0n) is 21.6. The molecule has 180 valence electrons. The van der Waals surface area contributed by atoms with Gasteiger partial charge >= 0.3 is 0 Å². The lowest BCUT2D eigenvalue weighted by Gasteiger charge is -2.22. The zero-order valence-corrected chi connectivity index (χ0v) is 21.6. The van der Waals surface area contributed by atoms with Gasteiger partial charge in [-0.3, -0.25) is 0 Å². The standard InChI is InChI=1S/C37H27N/c1-37(2)33-18-10-8-15-27(33)28-21-20-24(22-34(28)37)31-23-32-29-16-9-11-19-35(29)38(25-12-4-3-5-13-25)36(32)30-17-7-6-14-26(30)31/h3-23H,1-2H3. The van der Waals surface area contributed by atoms with E-state index in [2.05, 4.69) is 146 Å². The monoisotopic (exact) mass is 485 g/mol. The van der Waals surface area contributed by atoms with Gasteiger partial charge in [0.25, 0.3) is 0 Å². The third-order valence-corrected chi connectivity index (χ3v) is 8.58. The van der Waals surface area contributed by atoms with Crippen molar-refractivity contribution in [3.63, 3.8) is 0 Å². The molecule has 38 heavy (non-hydrogen) atoms. The van der Waals surface area contributed by atoms with E-state index < -0.39 is 0 Å². The van der Waals surface area contributed by atoms with E-state index in [9.17, 15) is 0 Å². The molecule has 1 heteroatoms. The highest BCUT2D eigenvalue weighted by Gasteiger charge is 2.35. The van der Waals surface area contributed by atoms with Crippen LogP contribution in [0.2, 0.25) is 0 Å². The predicted octanol–water partition coefficient (Wildman–Crippen LogP) is 9.91. The van der Waals surface area contributed by atoms with E-state index in [1.54, 1.807) is 0 Å². The van der Waals surface area contributed by atoms with Crippen LogP contribution in [0.4, 0.5) is 0 Å². The summed E-state index contributed by atoms with van der Waals surface area (Å²) < 4.78 is 2.43. The fourth-order valence-corrected chi connectivity index (χ4v) is 6.78. The van der Waals surface area contributed by atoms with Crippen LogP contribution in [-0.4, -0.2) is 4.57 Å². The number of benzene rings is 6. The Morgan fingerprint density at radius 3 is 1.97 bits per heavy atom. The number of para-hydroxylation sites is 2. The van der Waals surface area contributed by atoms with Gasteiger partial charge in [0.15, 0.2) is 0 Å². The number of rotatable bonds is 2. The fourth-order valence-electron chi connectivity index (χ4n) is 6.78. The van der Waals surface area contributed by atoms with E-state index in [0.717, 1.165) is 0 Å². The molecule has 0 amide bonds. The van der Waals surface area contributed by atoms with Gasteiger partial charge in [-0.25, -0.2) is 0 Å². The Labute approximate surface area is 222 Å². The van der Waals surface area contributed by atoms with Gasteiger partial charge in [0.1, 0.15) is 0 Å². The first-order valence-electron chi connectivity index (χ1n) is 13.4. The van der Waals surface area contributed by atoms with Crippen molar-refractivity contribution in [2.45, 2.75) is 19.3 Å². The molecule has 0 bridgehead atoms. The molecule has 7 aromatic rings. The van der Waals surface area contributed by atoms with Gasteiger partial charge in [-0.15, -0.1) is 0 Å². The Morgan fingerprint density at radius 2 is 1.13 bits per heavy atom. The minimum Gasteiger partial charge on any atom is -0.309 e. The third-order valence-electron chi connectivity index (χ3n) is 8.58. The minimum atomic E-state index is -0.0226. The molecule has 0 spiro atoms. The van der Waals surface area contributed by atoms with Crippen LogP contribution in [0.1, 0.15) is 25.0 Å². The van der Waals surface area contributed by atoms with Crippen LogP contribution >= 0.6 is 0 Å². The lowest BCUT2D eigenvalue weighted by atomic mass is 9.81. The smallest absolute Gasteiger partial charge is 0.0619 e. The van der Waals surface area contributed by atoms with Crippen LogP contribution in [0.15, 0.2) is 127 Å². The average Bonchev–Trinajstić information content (AvgIpc) is 3.42. The number of nitrogens with zero attached hydrogens (tertiary/aromatic N) is 1. The van der Waals surface area contributed by atoms with E-state index in [-0.39, 0.29) is 5.41 Å². The van der Waals surface area contributed by atoms with Crippen LogP contribution in [0.25, 0.3) is 60.5 Å². The van der Waals surface area contributed by atoms with Crippen molar-refractivity contribution in [2.24, 2.45) is 0 Å². The molecule has 0 atom stereocenters. The average molecular weight is 486 g/mol. The molecule has 0 fully saturated rings. The molecule has 1 aliphatic carbocycles. The van der Waals surface area contributed by atoms with Crippen LogP contribution in [-0.2, 0) is 5.41 Å². The van der Waals surface area contributed by atoms with Gasteiger partial charge in [-0.1, -0.05) is 111 Å². The first-order chi connectivity index (χ1) is 18.6. The summed E-state index contributed by atoms with van der Waals surface area (Å²) in [6, 6.07) is 46.8. The molecule has 0 aliphatic heterocycles. The Kier molecular flexibility index (Phi) is 4.35. The lowest BCUT2D eigenvalue weighted by Crippen LogP contribution is -2.14. The molecule has 0 saturated heterocycles. The van der Waals surface area contributed by atoms with Crippen molar-refractivity contribution in [2.75, 3.05) is 0 Å². The number of hydrogen-bond acceptors (Lipinski definition) is 0. The van der Waals surface area contributed by atoms with Gasteiger partial charge in [0.05, 0.1) is 11.0 Å². The molecule has 0 saturated carbocycles. The van der Waals surface area contributed by atoms with E-state index in [1.807, 2.05) is 0 Å². The van der Waals surface area contributed by atoms with Crippen LogP contribution in [0, 0.1) is 0 Å². The lowest BCUT2D eigenvalue weighted by molar-refractivity contribution is 0.660. The van der Waals surface area contributed by atoms with E-state index in [1.165, 1.54) is 71.6 Å². The van der Waals surface area contributed by atoms with Crippen molar-refractivity contribution in [1.82, 2.24) is 4.57 Å². The highest BCUT2D eigenvalue weighted by molar-refractivity contribution is 6.22. The Balaban J connectivity index is 1.47. The van der Waals surface area contributed by atoms with Gasteiger partial charge in [-0.2, -0.15) is 0 Å². The Morgan fingerprint density at radius 1 is 0.474 bits per heavy atom. The molecular formula is C37H27N. The van der Waals surface area contributed by atoms with Crippen LogP contribution < -0.4 is 0 Å². The third kappa shape index (κ3) is 2.82. The maximum absolute atomic E-state index is 2.44. The topological polar surface area (TPSA) is 4.93 Å². The second-order valence-corrected chi connectivity index (χ2v) is 11.0. The number of aromatic nitrogens is 1. The van der Waals surface area contributed by atoms with E-state index in [4.69, 9.17) is 0 Å². The summed E-state index contributed by atoms with van der Waals surface area (Å²) in [5, 5.41) is 5.14. The maximum Gasteiger partial charge on any atom is 0.0619 e. The van der Waals surface area contributed by atoms with E-state index >= 15 is 0 Å². The molecule has 1 nitrogen and oxygen atoms in total. The predicted molar refractivity (Wildman–Crippen MR) is 161 cm³/mol. The first-order valence-corrected chi connectivity index (χ1v) is 13.4. The molecule has 0 unspecified atom stereocenters. The van der Waals surface area contributed by atoms with Gasteiger partial charge in [0.2, 0.25) is 0 Å². The number of hydrogen-bond donors (Lipinski definition) is 0. The van der Waals surface area contributed by atoms with Gasteiger partial charge in [-0.05, 0) is 69.1 Å². The highest BCUT2D eigenvalue weighted by atomic mass is 15.0. The first kappa shape index (κ1) is 21.5. The van der Waals surface area contributed by atoms with E-state index in [0.29, 0.717) is 0 Å². The fraction of sp³-hybridized carbons (Fsp3) is 0.0811. The summed E-state index contributed by atoms with van der Waals surface area (Å²) in [4.78, 5) is 0. The molecule has 1 aromatic heterocycles. The molecule has 0 radical (unpaired) electrons. The Hall–Kier alpha value is -4.62. The summed E-state index contributed by atoms with van der Waals surface area (Å²) in [6.45, 7) is 4.71. The SMILES string of the molecule is CC1(C)c2ccccc2-c2ccc(-c3cc4c5ccccc5n(-c5ccccc5)c4c4ccccc34)cc21. The van der Waals surface area contributed by atoms with Crippen LogP contribution in [0.5, 0.6) is 0 Å². The molecule has 1 heterocycles. The van der Waals surface area contributed by atoms with Gasteiger partial charge in [0, 0.05) is 27.3 Å². The highest BCUT2D eigenvalue weighted by Crippen LogP contribution is 2.50. The summed E-state index contributed by atoms with van der Waals surface area (Å²) in [5.74, 6) is 0. The summed E-state index contributed by atoms with van der Waals surface area (Å²) >= 11 is 0. The summed E-state index contributed by atoms with van der Waals surface area (Å²) in [5.41, 5.74) is 11.8. The zero-order chi connectivity index (χ0) is 25.4. The molecule has 6 aromatic carbocycles. The molecule has 1 aliphatic rings. The summed E-state index contributed by atoms with van der Waals surface area (Å²) in [7, 11) is 0. The largest absolute Gasteiger partial charge is 0.309 e. The van der Waals surface area contributed by atoms with Crippen molar-refractivity contribution in [1.29, 1.82) is 0 Å². The van der Waals surface area contributed by atoms with Crippen molar-refractivity contribution >= 4 is 32.6 Å². The van der Waals surface area contributed by atoms with Crippen molar-refractivity contribution < 1.29 is 0 Å². The minimum absolute atomic E-state index is 0.0226. The quantitative estimate of drug-likeness (QED) is 0.230. The normalized spacial score (nSPS) is 13.7. The second kappa shape index (κ2) is 7.69. The van der Waals surface area contributed by atoms with Crippen molar-refractivity contribution in [3.8, 4) is 27.9 Å². The van der Waals surface area contributed by atoms with Crippen molar-refractivity contribution in [3.05, 3.63) is 139 Å². The van der Waals surface area contributed by atoms with Gasteiger partial charge < -0.3 is 4.57 Å². The van der Waals surface area contributed by atoms with Crippen LogP contribution in [0.3, 0.4) is 0 Å². The molecule has 0 N–H and O–H groups in total.